The third-order valence-corrected chi connectivity index (χ3v) is 4.85. The third-order valence-electron chi connectivity index (χ3n) is 3.79. The minimum absolute atomic E-state index is 0.613. The molecule has 0 fully saturated rings. The molecule has 0 bridgehead atoms. The minimum Gasteiger partial charge on any atom is -0.357 e. The molecule has 0 unspecified atom stereocenters. The minimum atomic E-state index is 0.613. The number of allylic oxidation sites excluding steroid dienone is 1. The Labute approximate surface area is 143 Å². The monoisotopic (exact) mass is 335 g/mol. The first-order valence-corrected chi connectivity index (χ1v) is 9.39. The van der Waals surface area contributed by atoms with E-state index in [2.05, 4.69) is 39.0 Å². The van der Waals surface area contributed by atoms with Crippen LogP contribution in [0.15, 0.2) is 22.0 Å². The number of hydrogen-bond acceptors (Lipinski definition) is 4. The van der Waals surface area contributed by atoms with Crippen LogP contribution in [0, 0.1) is 0 Å². The molecular weight excluding hydrogens is 306 g/mol. The van der Waals surface area contributed by atoms with Gasteiger partial charge in [0, 0.05) is 32.6 Å². The van der Waals surface area contributed by atoms with E-state index in [0.717, 1.165) is 36.3 Å². The molecule has 5 nitrogen and oxygen atoms in total. The number of nitrogens with zero attached hydrogens (tertiary/aromatic N) is 3. The first-order valence-electron chi connectivity index (χ1n) is 8.51. The van der Waals surface area contributed by atoms with Crippen molar-refractivity contribution in [3.8, 4) is 0 Å². The van der Waals surface area contributed by atoms with Gasteiger partial charge in [0.25, 0.3) is 0 Å². The van der Waals surface area contributed by atoms with Crippen LogP contribution in [-0.2, 0) is 6.54 Å². The molecule has 0 spiro atoms. The van der Waals surface area contributed by atoms with E-state index in [9.17, 15) is 0 Å². The van der Waals surface area contributed by atoms with E-state index in [4.69, 9.17) is 0 Å². The highest BCUT2D eigenvalue weighted by Gasteiger charge is 2.05. The van der Waals surface area contributed by atoms with E-state index >= 15 is 0 Å². The van der Waals surface area contributed by atoms with Crippen molar-refractivity contribution in [1.82, 2.24) is 15.6 Å². The summed E-state index contributed by atoms with van der Waals surface area (Å²) in [5.74, 6) is 0.878. The summed E-state index contributed by atoms with van der Waals surface area (Å²) >= 11 is 1.66. The maximum Gasteiger partial charge on any atom is 0.191 e. The number of hydrogen-bond donors (Lipinski definition) is 2. The first kappa shape index (κ1) is 17.8. The molecule has 1 aromatic heterocycles. The lowest BCUT2D eigenvalue weighted by atomic mass is 9.97. The Kier molecular flexibility index (Phi) is 7.39. The van der Waals surface area contributed by atoms with Crippen molar-refractivity contribution in [2.24, 2.45) is 4.99 Å². The molecular formula is C17H29N5S. The Hall–Kier alpha value is -1.56. The molecule has 128 valence electrons. The lowest BCUT2D eigenvalue weighted by molar-refractivity contribution is 0.665. The summed E-state index contributed by atoms with van der Waals surface area (Å²) < 4.78 is 0. The molecule has 6 heteroatoms. The molecule has 23 heavy (non-hydrogen) atoms. The Morgan fingerprint density at radius 1 is 1.35 bits per heavy atom. The van der Waals surface area contributed by atoms with Crippen molar-refractivity contribution < 1.29 is 0 Å². The summed E-state index contributed by atoms with van der Waals surface area (Å²) in [4.78, 5) is 11.2. The summed E-state index contributed by atoms with van der Waals surface area (Å²) in [6.45, 7) is 4.52. The van der Waals surface area contributed by atoms with Crippen LogP contribution < -0.4 is 15.5 Å². The van der Waals surface area contributed by atoms with Crippen LogP contribution in [0.5, 0.6) is 0 Å². The van der Waals surface area contributed by atoms with E-state index in [-0.39, 0.29) is 0 Å². The average Bonchev–Trinajstić information content (AvgIpc) is 3.03. The first-order chi connectivity index (χ1) is 11.2. The van der Waals surface area contributed by atoms with Gasteiger partial charge in [0.05, 0.1) is 12.2 Å². The molecule has 0 atom stereocenters. The number of nitrogens with one attached hydrogen (secondary N) is 2. The second-order valence-corrected chi connectivity index (χ2v) is 6.83. The normalized spacial score (nSPS) is 15.3. The molecule has 0 amide bonds. The second-order valence-electron chi connectivity index (χ2n) is 6.00. The van der Waals surface area contributed by atoms with Crippen molar-refractivity contribution in [2.75, 3.05) is 32.1 Å². The van der Waals surface area contributed by atoms with Crippen LogP contribution in [0.4, 0.5) is 5.13 Å². The van der Waals surface area contributed by atoms with Crippen LogP contribution in [0.1, 0.15) is 44.7 Å². The van der Waals surface area contributed by atoms with E-state index in [1.807, 2.05) is 19.0 Å². The standard InChI is InChI=1S/C17H29N5S/c1-4-18-16(19-11-10-14-8-6-5-7-9-14)20-12-15-13-23-17(21-15)22(2)3/h8,13H,4-7,9-12H2,1-3H3,(H2,18,19,20). The summed E-state index contributed by atoms with van der Waals surface area (Å²) in [7, 11) is 4.02. The van der Waals surface area contributed by atoms with E-state index in [1.54, 1.807) is 16.9 Å². The predicted octanol–water partition coefficient (Wildman–Crippen LogP) is 3.15. The molecule has 0 saturated heterocycles. The molecule has 2 N–H and O–H groups in total. The van der Waals surface area contributed by atoms with Gasteiger partial charge in [0.2, 0.25) is 0 Å². The molecule has 0 aliphatic heterocycles. The Bertz CT molecular complexity index is 533. The highest BCUT2D eigenvalue weighted by molar-refractivity contribution is 7.13. The third kappa shape index (κ3) is 6.22. The second kappa shape index (κ2) is 9.55. The quantitative estimate of drug-likeness (QED) is 0.456. The zero-order valence-corrected chi connectivity index (χ0v) is 15.4. The van der Waals surface area contributed by atoms with Crippen molar-refractivity contribution in [2.45, 2.75) is 45.6 Å². The SMILES string of the molecule is CCNC(=NCc1csc(N(C)C)n1)NCCC1=CCCCC1. The van der Waals surface area contributed by atoms with Gasteiger partial charge in [-0.25, -0.2) is 9.98 Å². The van der Waals surface area contributed by atoms with Crippen LogP contribution in [-0.4, -0.2) is 38.1 Å². The fourth-order valence-corrected chi connectivity index (χ4v) is 3.30. The van der Waals surface area contributed by atoms with Gasteiger partial charge in [-0.1, -0.05) is 11.6 Å². The fraction of sp³-hybridized carbons (Fsp3) is 0.647. The molecule has 1 heterocycles. The zero-order valence-electron chi connectivity index (χ0n) is 14.6. The van der Waals surface area contributed by atoms with Crippen molar-refractivity contribution in [3.63, 3.8) is 0 Å². The van der Waals surface area contributed by atoms with Crippen LogP contribution in [0.3, 0.4) is 0 Å². The van der Waals surface area contributed by atoms with Gasteiger partial charge in [-0.05, 0) is 39.0 Å². The number of aromatic nitrogens is 1. The summed E-state index contributed by atoms with van der Waals surface area (Å²) in [5, 5.41) is 9.84. The lowest BCUT2D eigenvalue weighted by Gasteiger charge is -2.15. The van der Waals surface area contributed by atoms with E-state index in [0.29, 0.717) is 6.54 Å². The van der Waals surface area contributed by atoms with Gasteiger partial charge < -0.3 is 15.5 Å². The number of aliphatic imine (C=N–C) groups is 1. The molecule has 0 radical (unpaired) electrons. The smallest absolute Gasteiger partial charge is 0.191 e. The van der Waals surface area contributed by atoms with Gasteiger partial charge in [0.1, 0.15) is 0 Å². The van der Waals surface area contributed by atoms with Crippen molar-refractivity contribution in [3.05, 3.63) is 22.7 Å². The number of rotatable bonds is 7. The maximum absolute atomic E-state index is 4.64. The molecule has 2 rings (SSSR count). The van der Waals surface area contributed by atoms with Crippen LogP contribution in [0.2, 0.25) is 0 Å². The van der Waals surface area contributed by atoms with Crippen LogP contribution in [0.25, 0.3) is 0 Å². The number of guanidine groups is 1. The summed E-state index contributed by atoms with van der Waals surface area (Å²) in [5.41, 5.74) is 2.61. The van der Waals surface area contributed by atoms with Gasteiger partial charge in [0.15, 0.2) is 11.1 Å². The molecule has 1 aromatic rings. The molecule has 0 saturated carbocycles. The molecule has 1 aliphatic carbocycles. The highest BCUT2D eigenvalue weighted by Crippen LogP contribution is 2.19. The number of thiazole rings is 1. The Morgan fingerprint density at radius 2 is 2.22 bits per heavy atom. The molecule has 0 aromatic carbocycles. The Balaban J connectivity index is 1.82. The van der Waals surface area contributed by atoms with Crippen LogP contribution >= 0.6 is 11.3 Å². The number of anilines is 1. The molecule has 1 aliphatic rings. The van der Waals surface area contributed by atoms with Crippen molar-refractivity contribution >= 4 is 22.4 Å². The van der Waals surface area contributed by atoms with Gasteiger partial charge in [-0.15, -0.1) is 11.3 Å². The summed E-state index contributed by atoms with van der Waals surface area (Å²) in [6.07, 6.45) is 8.74. The topological polar surface area (TPSA) is 52.6 Å². The van der Waals surface area contributed by atoms with E-state index < -0.39 is 0 Å². The lowest BCUT2D eigenvalue weighted by Crippen LogP contribution is -2.37. The average molecular weight is 336 g/mol. The fourth-order valence-electron chi connectivity index (χ4n) is 2.55. The van der Waals surface area contributed by atoms with E-state index in [1.165, 1.54) is 25.7 Å². The van der Waals surface area contributed by atoms with Gasteiger partial charge in [-0.2, -0.15) is 0 Å². The summed E-state index contributed by atoms with van der Waals surface area (Å²) in [6, 6.07) is 0. The predicted molar refractivity (Wildman–Crippen MR) is 100 cm³/mol. The van der Waals surface area contributed by atoms with Crippen molar-refractivity contribution in [1.29, 1.82) is 0 Å². The maximum atomic E-state index is 4.64. The highest BCUT2D eigenvalue weighted by atomic mass is 32.1. The zero-order chi connectivity index (χ0) is 16.5. The van der Waals surface area contributed by atoms with Gasteiger partial charge in [-0.3, -0.25) is 0 Å². The van der Waals surface area contributed by atoms with Gasteiger partial charge >= 0.3 is 0 Å². The largest absolute Gasteiger partial charge is 0.357 e. The Morgan fingerprint density at radius 3 is 2.87 bits per heavy atom.